The van der Waals surface area contributed by atoms with Gasteiger partial charge in [-0.15, -0.1) is 0 Å². The zero-order chi connectivity index (χ0) is 13.5. The number of hydrogen-bond acceptors (Lipinski definition) is 3. The van der Waals surface area contributed by atoms with E-state index in [1.165, 1.54) is 0 Å². The molecular formula is C16H9BrN2O. The summed E-state index contributed by atoms with van der Waals surface area (Å²) in [6.07, 6.45) is 1.75. The summed E-state index contributed by atoms with van der Waals surface area (Å²) in [5, 5.41) is 1.05. The van der Waals surface area contributed by atoms with Crippen molar-refractivity contribution in [2.24, 2.45) is 0 Å². The number of nitrogens with zero attached hydrogens (tertiary/aromatic N) is 2. The molecule has 0 saturated carbocycles. The molecule has 0 fully saturated rings. The van der Waals surface area contributed by atoms with Crippen molar-refractivity contribution in [2.75, 3.05) is 0 Å². The van der Waals surface area contributed by atoms with E-state index in [0.717, 1.165) is 37.9 Å². The van der Waals surface area contributed by atoms with Gasteiger partial charge >= 0.3 is 0 Å². The van der Waals surface area contributed by atoms with Gasteiger partial charge in [-0.25, -0.2) is 4.98 Å². The van der Waals surface area contributed by atoms with Crippen molar-refractivity contribution in [3.8, 4) is 11.5 Å². The summed E-state index contributed by atoms with van der Waals surface area (Å²) in [5.74, 6) is 0.733. The van der Waals surface area contributed by atoms with Gasteiger partial charge in [0.2, 0.25) is 0 Å². The molecule has 2 aromatic heterocycles. The number of rotatable bonds is 1. The van der Waals surface area contributed by atoms with Crippen LogP contribution in [-0.2, 0) is 0 Å². The van der Waals surface area contributed by atoms with Gasteiger partial charge in [-0.1, -0.05) is 28.1 Å². The first-order chi connectivity index (χ1) is 9.79. The minimum Gasteiger partial charge on any atom is -0.454 e. The Bertz CT molecular complexity index is 930. The lowest BCUT2D eigenvalue weighted by Crippen LogP contribution is -1.86. The highest BCUT2D eigenvalue weighted by molar-refractivity contribution is 9.10. The number of hydrogen-bond donors (Lipinski definition) is 0. The fourth-order valence-electron chi connectivity index (χ4n) is 2.22. The van der Waals surface area contributed by atoms with E-state index in [2.05, 4.69) is 25.9 Å². The molecule has 0 N–H and O–H groups in total. The maximum atomic E-state index is 5.83. The van der Waals surface area contributed by atoms with Crippen LogP contribution in [0.1, 0.15) is 0 Å². The van der Waals surface area contributed by atoms with E-state index in [0.29, 0.717) is 0 Å². The Balaban J connectivity index is 1.91. The van der Waals surface area contributed by atoms with Crippen molar-refractivity contribution in [3.05, 3.63) is 59.2 Å². The molecule has 0 saturated heterocycles. The largest absolute Gasteiger partial charge is 0.454 e. The monoisotopic (exact) mass is 324 g/mol. The fraction of sp³-hybridized carbons (Fsp3) is 0. The van der Waals surface area contributed by atoms with E-state index < -0.39 is 0 Å². The number of halogens is 1. The number of para-hydroxylation sites is 2. The number of fused-ring (bicyclic) bond motifs is 2. The van der Waals surface area contributed by atoms with Crippen LogP contribution in [-0.4, -0.2) is 9.97 Å². The highest BCUT2D eigenvalue weighted by Crippen LogP contribution is 2.29. The Morgan fingerprint density at radius 2 is 1.80 bits per heavy atom. The fourth-order valence-corrected chi connectivity index (χ4v) is 2.60. The Labute approximate surface area is 123 Å². The van der Waals surface area contributed by atoms with E-state index in [1.54, 1.807) is 6.20 Å². The summed E-state index contributed by atoms with van der Waals surface area (Å²) in [6, 6.07) is 15.7. The van der Waals surface area contributed by atoms with E-state index in [4.69, 9.17) is 4.42 Å². The van der Waals surface area contributed by atoms with Gasteiger partial charge < -0.3 is 4.42 Å². The molecule has 4 aromatic rings. The zero-order valence-corrected chi connectivity index (χ0v) is 12.0. The second-order valence-electron chi connectivity index (χ2n) is 4.54. The van der Waals surface area contributed by atoms with Gasteiger partial charge in [0.05, 0.1) is 17.2 Å². The lowest BCUT2D eigenvalue weighted by Gasteiger charge is -1.98. The summed E-state index contributed by atoms with van der Waals surface area (Å²) in [6.45, 7) is 0. The molecule has 20 heavy (non-hydrogen) atoms. The number of furan rings is 1. The molecule has 0 atom stereocenters. The Morgan fingerprint density at radius 1 is 0.950 bits per heavy atom. The normalized spacial score (nSPS) is 11.2. The summed E-state index contributed by atoms with van der Waals surface area (Å²) in [5.41, 5.74) is 3.34. The van der Waals surface area contributed by atoms with Gasteiger partial charge in [0, 0.05) is 9.86 Å². The molecule has 0 radical (unpaired) electrons. The minimum atomic E-state index is 0.733. The molecule has 3 nitrogen and oxygen atoms in total. The van der Waals surface area contributed by atoms with Crippen molar-refractivity contribution in [1.82, 2.24) is 9.97 Å². The highest BCUT2D eigenvalue weighted by Gasteiger charge is 2.09. The summed E-state index contributed by atoms with van der Waals surface area (Å²) in [7, 11) is 0. The molecule has 0 aliphatic heterocycles. The van der Waals surface area contributed by atoms with Gasteiger partial charge in [-0.3, -0.25) is 4.98 Å². The van der Waals surface area contributed by atoms with Crippen LogP contribution in [0.5, 0.6) is 0 Å². The summed E-state index contributed by atoms with van der Waals surface area (Å²) < 4.78 is 6.86. The van der Waals surface area contributed by atoms with Crippen molar-refractivity contribution >= 4 is 37.9 Å². The van der Waals surface area contributed by atoms with Crippen LogP contribution in [0.25, 0.3) is 33.5 Å². The molecule has 2 heterocycles. The average molecular weight is 325 g/mol. The van der Waals surface area contributed by atoms with Crippen LogP contribution in [0.2, 0.25) is 0 Å². The van der Waals surface area contributed by atoms with E-state index in [9.17, 15) is 0 Å². The quantitative estimate of drug-likeness (QED) is 0.504. The SMILES string of the molecule is Brc1ccc2oc(-c3cnc4ccccc4n3)cc2c1. The third kappa shape index (κ3) is 1.89. The predicted octanol–water partition coefficient (Wildman–Crippen LogP) is 4.81. The van der Waals surface area contributed by atoms with Gasteiger partial charge in [0.15, 0.2) is 5.76 Å². The molecule has 0 unspecified atom stereocenters. The first kappa shape index (κ1) is 11.6. The third-order valence-electron chi connectivity index (χ3n) is 3.18. The second kappa shape index (κ2) is 4.42. The van der Waals surface area contributed by atoms with Crippen LogP contribution < -0.4 is 0 Å². The first-order valence-electron chi connectivity index (χ1n) is 6.21. The predicted molar refractivity (Wildman–Crippen MR) is 82.4 cm³/mol. The molecule has 2 aromatic carbocycles. The van der Waals surface area contributed by atoms with Crippen molar-refractivity contribution < 1.29 is 4.42 Å². The van der Waals surface area contributed by atoms with Crippen LogP contribution in [0.15, 0.2) is 63.6 Å². The lowest BCUT2D eigenvalue weighted by atomic mass is 10.2. The van der Waals surface area contributed by atoms with Gasteiger partial charge in [-0.2, -0.15) is 0 Å². The van der Waals surface area contributed by atoms with E-state index in [1.807, 2.05) is 48.5 Å². The number of aromatic nitrogens is 2. The smallest absolute Gasteiger partial charge is 0.155 e. The van der Waals surface area contributed by atoms with Crippen LogP contribution in [0, 0.1) is 0 Å². The molecule has 96 valence electrons. The van der Waals surface area contributed by atoms with Crippen molar-refractivity contribution in [2.45, 2.75) is 0 Å². The molecule has 0 spiro atoms. The second-order valence-corrected chi connectivity index (χ2v) is 5.45. The maximum absolute atomic E-state index is 5.83. The summed E-state index contributed by atoms with van der Waals surface area (Å²) >= 11 is 3.46. The topological polar surface area (TPSA) is 38.9 Å². The van der Waals surface area contributed by atoms with Gasteiger partial charge in [-0.05, 0) is 36.4 Å². The molecule has 0 bridgehead atoms. The minimum absolute atomic E-state index is 0.733. The first-order valence-corrected chi connectivity index (χ1v) is 7.00. The molecule has 0 aliphatic rings. The van der Waals surface area contributed by atoms with Gasteiger partial charge in [0.1, 0.15) is 11.3 Å². The third-order valence-corrected chi connectivity index (χ3v) is 3.67. The van der Waals surface area contributed by atoms with Crippen molar-refractivity contribution in [1.29, 1.82) is 0 Å². The molecule has 4 heteroatoms. The molecule has 0 amide bonds. The molecular weight excluding hydrogens is 316 g/mol. The van der Waals surface area contributed by atoms with E-state index >= 15 is 0 Å². The number of benzene rings is 2. The van der Waals surface area contributed by atoms with Gasteiger partial charge in [0.25, 0.3) is 0 Å². The highest BCUT2D eigenvalue weighted by atomic mass is 79.9. The van der Waals surface area contributed by atoms with Crippen LogP contribution >= 0.6 is 15.9 Å². The van der Waals surface area contributed by atoms with E-state index in [-0.39, 0.29) is 0 Å². The average Bonchev–Trinajstić information content (AvgIpc) is 2.89. The zero-order valence-electron chi connectivity index (χ0n) is 10.4. The Kier molecular flexibility index (Phi) is 2.57. The van der Waals surface area contributed by atoms with Crippen molar-refractivity contribution in [3.63, 3.8) is 0 Å². The van der Waals surface area contributed by atoms with Crippen LogP contribution in [0.4, 0.5) is 0 Å². The maximum Gasteiger partial charge on any atom is 0.155 e. The standard InChI is InChI=1S/C16H9BrN2O/c17-11-5-6-15-10(7-11)8-16(20-15)14-9-18-12-3-1-2-4-13(12)19-14/h1-9H. The molecule has 4 rings (SSSR count). The Hall–Kier alpha value is -2.20. The molecule has 0 aliphatic carbocycles. The lowest BCUT2D eigenvalue weighted by molar-refractivity contribution is 0.628. The van der Waals surface area contributed by atoms with Crippen LogP contribution in [0.3, 0.4) is 0 Å². The Morgan fingerprint density at radius 3 is 2.70 bits per heavy atom. The summed E-state index contributed by atoms with van der Waals surface area (Å²) in [4.78, 5) is 9.01.